The summed E-state index contributed by atoms with van der Waals surface area (Å²) in [7, 11) is 0. The average molecular weight is 282 g/mol. The molecule has 0 aromatic rings. The molecule has 44 valence electrons. The van der Waals surface area contributed by atoms with Gasteiger partial charge in [0.2, 0.25) is 0 Å². The number of ether oxygens (including phenoxy) is 1. The van der Waals surface area contributed by atoms with E-state index in [1.807, 2.05) is 0 Å². The first kappa shape index (κ1) is 10.0. The van der Waals surface area contributed by atoms with Crippen LogP contribution in [0.5, 0.6) is 0 Å². The minimum atomic E-state index is 0. The molecule has 0 saturated carbocycles. The van der Waals surface area contributed by atoms with Gasteiger partial charge in [0.25, 0.3) is 0 Å². The molecule has 0 aliphatic carbocycles. The summed E-state index contributed by atoms with van der Waals surface area (Å²) >= 11 is 0. The Morgan fingerprint density at radius 1 is 1.86 bits per heavy atom. The molecule has 0 saturated heterocycles. The van der Waals surface area contributed by atoms with Gasteiger partial charge in [-0.1, -0.05) is 19.1 Å². The van der Waals surface area contributed by atoms with Crippen LogP contribution < -0.4 is 0 Å². The molecule has 0 radical (unpaired) electrons. The number of hydrogen-bond acceptors (Lipinski definition) is 2. The molecule has 0 spiro atoms. The molecule has 0 bridgehead atoms. The fourth-order valence-electron chi connectivity index (χ4n) is 0.0929. The van der Waals surface area contributed by atoms with Crippen LogP contribution in [0.1, 0.15) is 0 Å². The standard InChI is InChI=1S/C4H5O2.Au/c1-2-3-6-4-5;/h2H,1,3H2;/q-1;+1. The summed E-state index contributed by atoms with van der Waals surface area (Å²) in [6.07, 6.45) is 1.48. The van der Waals surface area contributed by atoms with Crippen LogP contribution in [0.25, 0.3) is 0 Å². The molecule has 0 rings (SSSR count). The van der Waals surface area contributed by atoms with Crippen molar-refractivity contribution in [3.05, 3.63) is 12.7 Å². The van der Waals surface area contributed by atoms with Crippen molar-refractivity contribution < 1.29 is 31.9 Å². The molecule has 0 amide bonds. The first-order chi connectivity index (χ1) is 2.91. The Bertz CT molecular complexity index is 45.7. The van der Waals surface area contributed by atoms with Gasteiger partial charge in [-0.3, -0.25) is 0 Å². The van der Waals surface area contributed by atoms with Crippen LogP contribution in [0.2, 0.25) is 0 Å². The Labute approximate surface area is 58.1 Å². The predicted molar refractivity (Wildman–Crippen MR) is 21.8 cm³/mol. The Morgan fingerprint density at radius 3 is 2.57 bits per heavy atom. The van der Waals surface area contributed by atoms with Crippen LogP contribution in [-0.2, 0) is 31.9 Å². The summed E-state index contributed by atoms with van der Waals surface area (Å²) < 4.78 is 4.06. The quantitative estimate of drug-likeness (QED) is 0.321. The van der Waals surface area contributed by atoms with Gasteiger partial charge in [-0.05, 0) is 0 Å². The Morgan fingerprint density at radius 2 is 2.43 bits per heavy atom. The number of hydrogen-bond donors (Lipinski definition) is 0. The molecule has 0 heterocycles. The minimum absolute atomic E-state index is 0. The van der Waals surface area contributed by atoms with Crippen molar-refractivity contribution in [2.75, 3.05) is 6.61 Å². The zero-order valence-electron chi connectivity index (χ0n) is 3.61. The SMILES string of the molecule is C=CCO[C-]=O.[Au+]. The molecule has 0 unspecified atom stereocenters. The second-order valence-electron chi connectivity index (χ2n) is 0.683. The zero-order chi connectivity index (χ0) is 4.83. The molecule has 0 atom stereocenters. The molecule has 0 aromatic heterocycles. The molecule has 0 N–H and O–H groups in total. The van der Waals surface area contributed by atoms with E-state index in [2.05, 4.69) is 11.3 Å². The molecule has 3 heteroatoms. The van der Waals surface area contributed by atoms with E-state index in [1.54, 1.807) is 0 Å². The van der Waals surface area contributed by atoms with Crippen LogP contribution in [0.3, 0.4) is 0 Å². The van der Waals surface area contributed by atoms with Crippen LogP contribution in [0, 0.1) is 0 Å². The maximum absolute atomic E-state index is 9.17. The van der Waals surface area contributed by atoms with Crippen molar-refractivity contribution in [1.29, 1.82) is 0 Å². The van der Waals surface area contributed by atoms with E-state index in [9.17, 15) is 0 Å². The maximum atomic E-state index is 9.17. The van der Waals surface area contributed by atoms with E-state index in [0.29, 0.717) is 0 Å². The van der Waals surface area contributed by atoms with Crippen LogP contribution in [0.4, 0.5) is 0 Å². The van der Waals surface area contributed by atoms with Crippen LogP contribution in [0.15, 0.2) is 12.7 Å². The molecule has 7 heavy (non-hydrogen) atoms. The zero-order valence-corrected chi connectivity index (χ0v) is 5.78. The van der Waals surface area contributed by atoms with Crippen LogP contribution >= 0.6 is 0 Å². The van der Waals surface area contributed by atoms with Gasteiger partial charge in [-0.15, -0.1) is 0 Å². The summed E-state index contributed by atoms with van der Waals surface area (Å²) in [6, 6.07) is 0. The largest absolute Gasteiger partial charge is 1.00 e. The predicted octanol–water partition coefficient (Wildman–Crippen LogP) is 0.254. The van der Waals surface area contributed by atoms with E-state index in [0.717, 1.165) is 0 Å². The van der Waals surface area contributed by atoms with Gasteiger partial charge in [0.05, 0.1) is 6.61 Å². The average Bonchev–Trinajstić information content (AvgIpc) is 1.61. The normalized spacial score (nSPS) is 5.71. The van der Waals surface area contributed by atoms with Gasteiger partial charge in [-0.25, -0.2) is 0 Å². The van der Waals surface area contributed by atoms with Crippen LogP contribution in [-0.4, -0.2) is 13.1 Å². The Hall–Kier alpha value is -0.0497. The Balaban J connectivity index is 0. The van der Waals surface area contributed by atoms with Crippen molar-refractivity contribution in [2.24, 2.45) is 0 Å². The second-order valence-corrected chi connectivity index (χ2v) is 0.683. The van der Waals surface area contributed by atoms with Gasteiger partial charge in [-0.2, -0.15) is 0 Å². The molecular formula is C4H5AuO2. The Kier molecular flexibility index (Phi) is 13.4. The number of rotatable bonds is 3. The molecule has 0 aliphatic rings. The fraction of sp³-hybridized carbons (Fsp3) is 0.250. The monoisotopic (exact) mass is 282 g/mol. The molecule has 0 fully saturated rings. The smallest absolute Gasteiger partial charge is 0.650 e. The summed E-state index contributed by atoms with van der Waals surface area (Å²) in [5.74, 6) is 0. The van der Waals surface area contributed by atoms with Gasteiger partial charge in [0, 0.05) is 0 Å². The van der Waals surface area contributed by atoms with E-state index in [-0.39, 0.29) is 29.0 Å². The second kappa shape index (κ2) is 9.34. The third-order valence-electron chi connectivity index (χ3n) is 0.260. The molecule has 2 nitrogen and oxygen atoms in total. The third kappa shape index (κ3) is 10.7. The minimum Gasteiger partial charge on any atom is -0.650 e. The fourth-order valence-corrected chi connectivity index (χ4v) is 0.0929. The molecular weight excluding hydrogens is 277 g/mol. The van der Waals surface area contributed by atoms with E-state index in [1.165, 1.54) is 12.5 Å². The van der Waals surface area contributed by atoms with Crippen molar-refractivity contribution in [1.82, 2.24) is 0 Å². The van der Waals surface area contributed by atoms with Crippen molar-refractivity contribution in [2.45, 2.75) is 0 Å². The van der Waals surface area contributed by atoms with Crippen molar-refractivity contribution in [3.8, 4) is 0 Å². The van der Waals surface area contributed by atoms with E-state index < -0.39 is 0 Å². The van der Waals surface area contributed by atoms with Gasteiger partial charge in [0.1, 0.15) is 0 Å². The van der Waals surface area contributed by atoms with Crippen molar-refractivity contribution >= 4 is 6.47 Å². The first-order valence-corrected chi connectivity index (χ1v) is 1.51. The third-order valence-corrected chi connectivity index (χ3v) is 0.260. The maximum Gasteiger partial charge on any atom is 1.00 e. The topological polar surface area (TPSA) is 26.3 Å². The summed E-state index contributed by atoms with van der Waals surface area (Å²) in [5, 5.41) is 0. The summed E-state index contributed by atoms with van der Waals surface area (Å²) in [6.45, 7) is 4.80. The van der Waals surface area contributed by atoms with Gasteiger partial charge >= 0.3 is 22.4 Å². The van der Waals surface area contributed by atoms with Crippen molar-refractivity contribution in [3.63, 3.8) is 0 Å². The van der Waals surface area contributed by atoms with Gasteiger partial charge in [0.15, 0.2) is 0 Å². The number of carbonyl (C=O) groups excluding carboxylic acids is 1. The first-order valence-electron chi connectivity index (χ1n) is 1.51. The summed E-state index contributed by atoms with van der Waals surface area (Å²) in [4.78, 5) is 9.17. The molecule has 0 aromatic carbocycles. The summed E-state index contributed by atoms with van der Waals surface area (Å²) in [5.41, 5.74) is 0. The molecule has 0 aliphatic heterocycles. The van der Waals surface area contributed by atoms with E-state index in [4.69, 9.17) is 4.79 Å². The van der Waals surface area contributed by atoms with E-state index >= 15 is 0 Å². The van der Waals surface area contributed by atoms with Gasteiger partial charge < -0.3 is 9.53 Å².